The summed E-state index contributed by atoms with van der Waals surface area (Å²) < 4.78 is 4.96. The zero-order chi connectivity index (χ0) is 15.4. The van der Waals surface area contributed by atoms with Crippen LogP contribution in [0, 0.1) is 16.0 Å². The van der Waals surface area contributed by atoms with Crippen LogP contribution in [0.4, 0.5) is 5.69 Å². The van der Waals surface area contributed by atoms with Crippen LogP contribution >= 0.6 is 15.9 Å². The third kappa shape index (κ3) is 3.93. The van der Waals surface area contributed by atoms with E-state index in [0.717, 1.165) is 19.3 Å². The Hall–Kier alpha value is -1.63. The highest BCUT2D eigenvalue weighted by molar-refractivity contribution is 9.09. The lowest BCUT2D eigenvalue weighted by molar-refractivity contribution is -0.385. The third-order valence-corrected chi connectivity index (χ3v) is 4.50. The van der Waals surface area contributed by atoms with Crippen molar-refractivity contribution in [2.24, 2.45) is 5.92 Å². The molecule has 0 bridgehead atoms. The van der Waals surface area contributed by atoms with Gasteiger partial charge < -0.3 is 10.1 Å². The van der Waals surface area contributed by atoms with Crippen molar-refractivity contribution in [2.45, 2.75) is 24.1 Å². The third-order valence-electron chi connectivity index (χ3n) is 3.67. The molecule has 0 heterocycles. The van der Waals surface area contributed by atoms with Gasteiger partial charge in [-0.3, -0.25) is 14.9 Å². The van der Waals surface area contributed by atoms with Crippen LogP contribution in [0.15, 0.2) is 18.2 Å². The quantitative estimate of drug-likeness (QED) is 0.499. The number of hydrogen-bond acceptors (Lipinski definition) is 4. The van der Waals surface area contributed by atoms with E-state index in [1.807, 2.05) is 0 Å². The Bertz CT molecular complexity index is 550. The normalized spacial score (nSPS) is 21.0. The van der Waals surface area contributed by atoms with Crippen molar-refractivity contribution in [3.63, 3.8) is 0 Å². The first-order valence-corrected chi connectivity index (χ1v) is 7.67. The Morgan fingerprint density at radius 3 is 2.86 bits per heavy atom. The summed E-state index contributed by atoms with van der Waals surface area (Å²) in [5, 5.41) is 13.7. The van der Waals surface area contributed by atoms with Gasteiger partial charge in [0.2, 0.25) is 0 Å². The number of nitrogens with zero attached hydrogens (tertiary/aromatic N) is 1. The first-order chi connectivity index (χ1) is 10.0. The van der Waals surface area contributed by atoms with Gasteiger partial charge in [-0.1, -0.05) is 15.9 Å². The van der Waals surface area contributed by atoms with Crippen LogP contribution in [0.2, 0.25) is 0 Å². The van der Waals surface area contributed by atoms with E-state index in [1.54, 1.807) is 0 Å². The molecule has 0 saturated heterocycles. The molecule has 7 heteroatoms. The van der Waals surface area contributed by atoms with E-state index < -0.39 is 4.92 Å². The predicted octanol–water partition coefficient (Wildman–Crippen LogP) is 2.90. The highest BCUT2D eigenvalue weighted by Gasteiger charge is 2.23. The number of halogens is 1. The number of nitrogens with one attached hydrogen (secondary N) is 1. The van der Waals surface area contributed by atoms with Gasteiger partial charge >= 0.3 is 5.69 Å². The minimum atomic E-state index is -0.533. The zero-order valence-electron chi connectivity index (χ0n) is 11.7. The van der Waals surface area contributed by atoms with E-state index in [4.69, 9.17) is 4.74 Å². The summed E-state index contributed by atoms with van der Waals surface area (Å²) in [4.78, 5) is 22.9. The summed E-state index contributed by atoms with van der Waals surface area (Å²) in [5.74, 6) is 0.341. The number of rotatable bonds is 5. The molecule has 1 amide bonds. The lowest BCUT2D eigenvalue weighted by Crippen LogP contribution is -2.28. The molecule has 6 nitrogen and oxygen atoms in total. The maximum atomic E-state index is 12.1. The fraction of sp³-hybridized carbons (Fsp3) is 0.500. The lowest BCUT2D eigenvalue weighted by Gasteiger charge is -2.11. The number of alkyl halides is 1. The molecule has 0 aliphatic heterocycles. The molecule has 2 rings (SSSR count). The molecule has 0 spiro atoms. The van der Waals surface area contributed by atoms with E-state index in [2.05, 4.69) is 21.2 Å². The Kier molecular flexibility index (Phi) is 5.17. The maximum absolute atomic E-state index is 12.1. The van der Waals surface area contributed by atoms with Crippen LogP contribution in [-0.4, -0.2) is 29.3 Å². The first-order valence-electron chi connectivity index (χ1n) is 6.76. The standard InChI is InChI=1S/C14H17BrN2O4/c1-21-13-7-10(3-5-12(13)17(19)20)14(18)16-8-9-2-4-11(15)6-9/h3,5,7,9,11H,2,4,6,8H2,1H3,(H,16,18). The second-order valence-electron chi connectivity index (χ2n) is 5.13. The molecule has 21 heavy (non-hydrogen) atoms. The van der Waals surface area contributed by atoms with Crippen LogP contribution < -0.4 is 10.1 Å². The van der Waals surface area contributed by atoms with Crippen molar-refractivity contribution in [3.8, 4) is 5.75 Å². The fourth-order valence-electron chi connectivity index (χ4n) is 2.51. The molecule has 0 aromatic heterocycles. The Morgan fingerprint density at radius 1 is 1.52 bits per heavy atom. The van der Waals surface area contributed by atoms with E-state index in [-0.39, 0.29) is 17.3 Å². The minimum absolute atomic E-state index is 0.0917. The lowest BCUT2D eigenvalue weighted by atomic mass is 10.1. The number of carbonyl (C=O) groups is 1. The minimum Gasteiger partial charge on any atom is -0.490 e. The summed E-state index contributed by atoms with van der Waals surface area (Å²) in [5.41, 5.74) is 0.220. The molecule has 1 saturated carbocycles. The van der Waals surface area contributed by atoms with Gasteiger partial charge in [0, 0.05) is 29.1 Å². The van der Waals surface area contributed by atoms with Crippen molar-refractivity contribution in [1.82, 2.24) is 5.32 Å². The molecule has 114 valence electrons. The van der Waals surface area contributed by atoms with Gasteiger partial charge in [0.15, 0.2) is 5.75 Å². The van der Waals surface area contributed by atoms with Crippen molar-refractivity contribution in [3.05, 3.63) is 33.9 Å². The average Bonchev–Trinajstić information content (AvgIpc) is 2.89. The summed E-state index contributed by atoms with van der Waals surface area (Å²) in [7, 11) is 1.35. The van der Waals surface area contributed by atoms with Gasteiger partial charge in [0.1, 0.15) is 0 Å². The molecular weight excluding hydrogens is 340 g/mol. The summed E-state index contributed by atoms with van der Waals surface area (Å²) in [6.45, 7) is 0.625. The van der Waals surface area contributed by atoms with E-state index in [1.165, 1.54) is 25.3 Å². The topological polar surface area (TPSA) is 81.5 Å². The Labute approximate surface area is 131 Å². The van der Waals surface area contributed by atoms with Gasteiger partial charge in [0.05, 0.1) is 12.0 Å². The van der Waals surface area contributed by atoms with Crippen LogP contribution in [0.3, 0.4) is 0 Å². The summed E-state index contributed by atoms with van der Waals surface area (Å²) >= 11 is 3.58. The monoisotopic (exact) mass is 356 g/mol. The van der Waals surface area contributed by atoms with E-state index in [0.29, 0.717) is 22.9 Å². The van der Waals surface area contributed by atoms with Crippen LogP contribution in [-0.2, 0) is 0 Å². The Morgan fingerprint density at radius 2 is 2.29 bits per heavy atom. The van der Waals surface area contributed by atoms with Crippen molar-refractivity contribution >= 4 is 27.5 Å². The van der Waals surface area contributed by atoms with Gasteiger partial charge in [0.25, 0.3) is 5.91 Å². The maximum Gasteiger partial charge on any atom is 0.310 e. The van der Waals surface area contributed by atoms with Gasteiger partial charge in [-0.15, -0.1) is 0 Å². The summed E-state index contributed by atoms with van der Waals surface area (Å²) in [6.07, 6.45) is 3.29. The van der Waals surface area contributed by atoms with Crippen LogP contribution in [0.25, 0.3) is 0 Å². The first kappa shape index (κ1) is 15.8. The number of carbonyl (C=O) groups excluding carboxylic acids is 1. The second-order valence-corrected chi connectivity index (χ2v) is 6.43. The molecule has 0 radical (unpaired) electrons. The molecule has 1 aromatic rings. The number of hydrogen-bond donors (Lipinski definition) is 1. The van der Waals surface area contributed by atoms with E-state index >= 15 is 0 Å². The molecule has 1 aromatic carbocycles. The second kappa shape index (κ2) is 6.89. The van der Waals surface area contributed by atoms with Gasteiger partial charge in [-0.2, -0.15) is 0 Å². The van der Waals surface area contributed by atoms with Gasteiger partial charge in [-0.25, -0.2) is 0 Å². The van der Waals surface area contributed by atoms with Crippen molar-refractivity contribution in [1.29, 1.82) is 0 Å². The van der Waals surface area contributed by atoms with Gasteiger partial charge in [-0.05, 0) is 31.2 Å². The number of ether oxygens (including phenoxy) is 1. The molecule has 1 fully saturated rings. The highest BCUT2D eigenvalue weighted by Crippen LogP contribution is 2.30. The highest BCUT2D eigenvalue weighted by atomic mass is 79.9. The zero-order valence-corrected chi connectivity index (χ0v) is 13.3. The molecule has 2 atom stereocenters. The average molecular weight is 357 g/mol. The summed E-state index contributed by atoms with van der Waals surface area (Å²) in [6, 6.07) is 4.13. The van der Waals surface area contributed by atoms with Crippen LogP contribution in [0.1, 0.15) is 29.6 Å². The molecule has 1 aliphatic rings. The molecule has 1 N–H and O–H groups in total. The number of benzene rings is 1. The SMILES string of the molecule is COc1cc(C(=O)NCC2CCC(Br)C2)ccc1[N+](=O)[O-]. The number of nitro benzene ring substituents is 1. The molecule has 1 aliphatic carbocycles. The largest absolute Gasteiger partial charge is 0.490 e. The van der Waals surface area contributed by atoms with Crippen molar-refractivity contribution in [2.75, 3.05) is 13.7 Å². The molecule has 2 unspecified atom stereocenters. The van der Waals surface area contributed by atoms with Crippen molar-refractivity contribution < 1.29 is 14.5 Å². The molecular formula is C14H17BrN2O4. The predicted molar refractivity (Wildman–Crippen MR) is 82.0 cm³/mol. The number of amides is 1. The van der Waals surface area contributed by atoms with E-state index in [9.17, 15) is 14.9 Å². The van der Waals surface area contributed by atoms with Crippen LogP contribution in [0.5, 0.6) is 5.75 Å². The number of nitro groups is 1. The Balaban J connectivity index is 2.00. The fourth-order valence-corrected chi connectivity index (χ4v) is 3.30. The smallest absolute Gasteiger partial charge is 0.310 e. The number of methoxy groups -OCH3 is 1.